The summed E-state index contributed by atoms with van der Waals surface area (Å²) in [6, 6.07) is 4.59. The van der Waals surface area contributed by atoms with Crippen molar-refractivity contribution in [3.8, 4) is 0 Å². The lowest BCUT2D eigenvalue weighted by atomic mass is 10.1. The third-order valence-corrected chi connectivity index (χ3v) is 3.39. The molecular formula is C11H16N4S. The summed E-state index contributed by atoms with van der Waals surface area (Å²) in [4.78, 5) is 1.35. The molecule has 0 bridgehead atoms. The predicted octanol–water partition coefficient (Wildman–Crippen LogP) is 1.77. The van der Waals surface area contributed by atoms with Crippen LogP contribution in [0, 0.1) is 0 Å². The fourth-order valence-corrected chi connectivity index (χ4v) is 2.51. The van der Waals surface area contributed by atoms with Crippen LogP contribution in [0.4, 0.5) is 0 Å². The summed E-state index contributed by atoms with van der Waals surface area (Å²) in [6.45, 7) is 3.08. The number of hydrogen-bond donors (Lipinski definition) is 1. The third kappa shape index (κ3) is 2.68. The van der Waals surface area contributed by atoms with Crippen molar-refractivity contribution in [1.29, 1.82) is 0 Å². The van der Waals surface area contributed by atoms with Crippen molar-refractivity contribution in [3.63, 3.8) is 0 Å². The Hall–Kier alpha value is -1.20. The van der Waals surface area contributed by atoms with Gasteiger partial charge in [-0.1, -0.05) is 18.2 Å². The van der Waals surface area contributed by atoms with Gasteiger partial charge in [0, 0.05) is 30.6 Å². The van der Waals surface area contributed by atoms with E-state index in [9.17, 15) is 0 Å². The molecule has 1 atom stereocenters. The highest BCUT2D eigenvalue weighted by atomic mass is 32.1. The molecule has 0 aliphatic rings. The van der Waals surface area contributed by atoms with Gasteiger partial charge in [0.2, 0.25) is 0 Å². The minimum Gasteiger partial charge on any atom is -0.309 e. The number of thiophene rings is 1. The molecule has 0 amide bonds. The van der Waals surface area contributed by atoms with E-state index in [1.165, 1.54) is 4.88 Å². The lowest BCUT2D eigenvalue weighted by Gasteiger charge is -2.14. The Kier molecular flexibility index (Phi) is 3.69. The first-order valence-corrected chi connectivity index (χ1v) is 6.29. The van der Waals surface area contributed by atoms with Gasteiger partial charge < -0.3 is 5.32 Å². The van der Waals surface area contributed by atoms with Crippen LogP contribution in [0.2, 0.25) is 0 Å². The van der Waals surface area contributed by atoms with Crippen molar-refractivity contribution in [2.75, 3.05) is 6.54 Å². The molecule has 4 nitrogen and oxygen atoms in total. The number of rotatable bonds is 5. The fourth-order valence-electron chi connectivity index (χ4n) is 1.71. The monoisotopic (exact) mass is 236 g/mol. The molecule has 1 unspecified atom stereocenters. The van der Waals surface area contributed by atoms with Crippen LogP contribution in [-0.2, 0) is 13.5 Å². The van der Waals surface area contributed by atoms with Crippen LogP contribution in [0.3, 0.4) is 0 Å². The Morgan fingerprint density at radius 1 is 1.56 bits per heavy atom. The summed E-state index contributed by atoms with van der Waals surface area (Å²) in [7, 11) is 1.89. The maximum Gasteiger partial charge on any atom is 0.0846 e. The van der Waals surface area contributed by atoms with Crippen LogP contribution in [0.15, 0.2) is 23.7 Å². The van der Waals surface area contributed by atoms with Gasteiger partial charge in [0.05, 0.1) is 5.69 Å². The van der Waals surface area contributed by atoms with Crippen LogP contribution in [0.25, 0.3) is 0 Å². The van der Waals surface area contributed by atoms with Crippen LogP contribution in [0.5, 0.6) is 0 Å². The summed E-state index contributed by atoms with van der Waals surface area (Å²) < 4.78 is 1.74. The second-order valence-corrected chi connectivity index (χ2v) is 4.69. The van der Waals surface area contributed by atoms with E-state index in [0.717, 1.165) is 18.7 Å². The highest BCUT2D eigenvalue weighted by molar-refractivity contribution is 7.10. The van der Waals surface area contributed by atoms with E-state index in [2.05, 4.69) is 40.1 Å². The average Bonchev–Trinajstić information content (AvgIpc) is 2.88. The first-order valence-electron chi connectivity index (χ1n) is 5.41. The van der Waals surface area contributed by atoms with Crippen LogP contribution < -0.4 is 5.32 Å². The predicted molar refractivity (Wildman–Crippen MR) is 65.4 cm³/mol. The van der Waals surface area contributed by atoms with Crippen molar-refractivity contribution >= 4 is 11.3 Å². The van der Waals surface area contributed by atoms with Crippen LogP contribution >= 0.6 is 11.3 Å². The molecule has 16 heavy (non-hydrogen) atoms. The molecule has 2 rings (SSSR count). The van der Waals surface area contributed by atoms with Gasteiger partial charge in [-0.2, -0.15) is 0 Å². The van der Waals surface area contributed by atoms with Gasteiger partial charge in [-0.15, -0.1) is 16.4 Å². The molecule has 0 radical (unpaired) electrons. The van der Waals surface area contributed by atoms with Crippen molar-refractivity contribution in [2.45, 2.75) is 19.4 Å². The van der Waals surface area contributed by atoms with Crippen LogP contribution in [-0.4, -0.2) is 21.5 Å². The maximum absolute atomic E-state index is 4.13. The zero-order valence-corrected chi connectivity index (χ0v) is 10.4. The van der Waals surface area contributed by atoms with E-state index in [4.69, 9.17) is 0 Å². The standard InChI is InChI=1S/C11H16N4S/c1-3-12-10(11-5-4-6-16-11)7-9-8-15(2)14-13-9/h4-6,8,10,12H,3,7H2,1-2H3. The smallest absolute Gasteiger partial charge is 0.0846 e. The van der Waals surface area contributed by atoms with E-state index in [0.29, 0.717) is 6.04 Å². The normalized spacial score (nSPS) is 12.9. The summed E-state index contributed by atoms with van der Waals surface area (Å²) in [5.74, 6) is 0. The molecule has 2 heterocycles. The van der Waals surface area contributed by atoms with Crippen LogP contribution in [0.1, 0.15) is 23.5 Å². The molecule has 0 saturated heterocycles. The summed E-state index contributed by atoms with van der Waals surface area (Å²) in [5, 5.41) is 13.7. The first kappa shape index (κ1) is 11.3. The maximum atomic E-state index is 4.13. The van der Waals surface area contributed by atoms with Gasteiger partial charge in [-0.25, -0.2) is 0 Å². The minimum absolute atomic E-state index is 0.349. The van der Waals surface area contributed by atoms with Crippen molar-refractivity contribution in [2.24, 2.45) is 7.05 Å². The van der Waals surface area contributed by atoms with E-state index in [-0.39, 0.29) is 0 Å². The van der Waals surface area contributed by atoms with Crippen molar-refractivity contribution in [3.05, 3.63) is 34.3 Å². The zero-order chi connectivity index (χ0) is 11.4. The first-order chi connectivity index (χ1) is 7.79. The molecule has 0 aliphatic carbocycles. The van der Waals surface area contributed by atoms with Gasteiger partial charge in [0.1, 0.15) is 0 Å². The van der Waals surface area contributed by atoms with Gasteiger partial charge in [-0.3, -0.25) is 4.68 Å². The molecule has 0 spiro atoms. The van der Waals surface area contributed by atoms with E-state index in [1.807, 2.05) is 13.2 Å². The molecule has 2 aromatic heterocycles. The Morgan fingerprint density at radius 2 is 2.44 bits per heavy atom. The summed E-state index contributed by atoms with van der Waals surface area (Å²) in [5.41, 5.74) is 1.03. The van der Waals surface area contributed by atoms with Crippen molar-refractivity contribution in [1.82, 2.24) is 20.3 Å². The Balaban J connectivity index is 2.09. The number of likely N-dealkylation sites (N-methyl/N-ethyl adjacent to an activating group) is 1. The molecule has 0 fully saturated rings. The molecule has 2 aromatic rings. The molecule has 86 valence electrons. The molecule has 0 aromatic carbocycles. The Labute approximate surface area is 99.3 Å². The number of nitrogens with one attached hydrogen (secondary N) is 1. The number of aromatic nitrogens is 3. The third-order valence-electron chi connectivity index (χ3n) is 2.40. The number of nitrogens with zero attached hydrogens (tertiary/aromatic N) is 3. The Morgan fingerprint density at radius 3 is 3.00 bits per heavy atom. The second kappa shape index (κ2) is 5.23. The average molecular weight is 236 g/mol. The highest BCUT2D eigenvalue weighted by Crippen LogP contribution is 2.21. The van der Waals surface area contributed by atoms with Crippen molar-refractivity contribution < 1.29 is 0 Å². The zero-order valence-electron chi connectivity index (χ0n) is 9.55. The van der Waals surface area contributed by atoms with Gasteiger partial charge in [0.15, 0.2) is 0 Å². The van der Waals surface area contributed by atoms with E-state index >= 15 is 0 Å². The van der Waals surface area contributed by atoms with Gasteiger partial charge in [0.25, 0.3) is 0 Å². The molecule has 5 heteroatoms. The van der Waals surface area contributed by atoms with E-state index < -0.39 is 0 Å². The largest absolute Gasteiger partial charge is 0.309 e. The summed E-state index contributed by atoms with van der Waals surface area (Å²) >= 11 is 1.78. The quantitative estimate of drug-likeness (QED) is 0.860. The second-order valence-electron chi connectivity index (χ2n) is 3.71. The number of hydrogen-bond acceptors (Lipinski definition) is 4. The van der Waals surface area contributed by atoms with Gasteiger partial charge in [-0.05, 0) is 18.0 Å². The molecule has 1 N–H and O–H groups in total. The SMILES string of the molecule is CCNC(Cc1cn(C)nn1)c1cccs1. The number of aryl methyl sites for hydroxylation is 1. The molecular weight excluding hydrogens is 220 g/mol. The fraction of sp³-hybridized carbons (Fsp3) is 0.455. The van der Waals surface area contributed by atoms with E-state index in [1.54, 1.807) is 16.0 Å². The summed E-state index contributed by atoms with van der Waals surface area (Å²) in [6.07, 6.45) is 2.86. The Bertz CT molecular complexity index is 421. The molecule has 0 aliphatic heterocycles. The minimum atomic E-state index is 0.349. The van der Waals surface area contributed by atoms with Gasteiger partial charge >= 0.3 is 0 Å². The molecule has 0 saturated carbocycles. The topological polar surface area (TPSA) is 42.7 Å². The lowest BCUT2D eigenvalue weighted by molar-refractivity contribution is 0.551. The highest BCUT2D eigenvalue weighted by Gasteiger charge is 2.13. The lowest BCUT2D eigenvalue weighted by Crippen LogP contribution is -2.22.